The van der Waals surface area contributed by atoms with E-state index in [0.717, 1.165) is 42.6 Å². The lowest BCUT2D eigenvalue weighted by atomic mass is 10.1. The number of piperazine rings is 1. The Hall–Kier alpha value is -3.34. The molecular weight excluding hydrogens is 478 g/mol. The molecule has 0 radical (unpaired) electrons. The van der Waals surface area contributed by atoms with Crippen molar-refractivity contribution in [2.45, 2.75) is 0 Å². The number of benzene rings is 2. The number of hydrogen-bond donors (Lipinski definition) is 0. The third-order valence-corrected chi connectivity index (χ3v) is 6.91. The minimum Gasteiger partial charge on any atom is -0.346 e. The molecule has 0 saturated carbocycles. The number of nitro benzene ring substituents is 1. The Bertz CT molecular complexity index is 1210. The Balaban J connectivity index is 0.00000274. The average molecular weight is 500 g/mol. The van der Waals surface area contributed by atoms with Gasteiger partial charge in [0, 0.05) is 62.3 Å². The van der Waals surface area contributed by atoms with E-state index in [9.17, 15) is 19.7 Å². The monoisotopic (exact) mass is 499 g/mol. The van der Waals surface area contributed by atoms with E-state index in [2.05, 4.69) is 14.8 Å². The second-order valence-electron chi connectivity index (χ2n) is 7.96. The Kier molecular flexibility index (Phi) is 6.92. The lowest BCUT2D eigenvalue weighted by molar-refractivity contribution is -0.384. The number of halogens is 1. The van der Waals surface area contributed by atoms with Gasteiger partial charge in [-0.1, -0.05) is 24.3 Å². The number of non-ortho nitro benzene ring substituents is 1. The molecule has 5 rings (SSSR count). The second-order valence-corrected chi connectivity index (χ2v) is 8.80. The lowest BCUT2D eigenvalue weighted by Crippen LogP contribution is -2.49. The number of nitro groups is 1. The van der Waals surface area contributed by atoms with Crippen molar-refractivity contribution in [3.8, 4) is 11.3 Å². The fraction of sp³-hybridized carbons (Fsp3) is 0.261. The van der Waals surface area contributed by atoms with E-state index in [1.54, 1.807) is 30.3 Å². The number of carbonyl (C=O) groups is 2. The highest BCUT2D eigenvalue weighted by Gasteiger charge is 2.35. The number of anilines is 1. The molecule has 0 N–H and O–H groups in total. The van der Waals surface area contributed by atoms with E-state index in [0.29, 0.717) is 24.2 Å². The maximum Gasteiger partial charge on any atom is 0.270 e. The van der Waals surface area contributed by atoms with Crippen molar-refractivity contribution in [1.82, 2.24) is 14.8 Å². The Morgan fingerprint density at radius 3 is 2.26 bits per heavy atom. The predicted molar refractivity (Wildman–Crippen MR) is 132 cm³/mol. The highest BCUT2D eigenvalue weighted by Crippen LogP contribution is 2.30. The van der Waals surface area contributed by atoms with Crippen molar-refractivity contribution in [2.75, 3.05) is 44.2 Å². The zero-order valence-electron chi connectivity index (χ0n) is 18.1. The molecule has 3 heterocycles. The minimum absolute atomic E-state index is 0. The number of rotatable bonds is 6. The molecule has 0 atom stereocenters. The van der Waals surface area contributed by atoms with E-state index >= 15 is 0 Å². The number of fused-ring (bicyclic) bond motifs is 1. The highest BCUT2D eigenvalue weighted by atomic mass is 35.5. The number of imide groups is 1. The third-order valence-electron chi connectivity index (χ3n) is 6.01. The van der Waals surface area contributed by atoms with Gasteiger partial charge in [-0.25, -0.2) is 4.98 Å². The van der Waals surface area contributed by atoms with Crippen molar-refractivity contribution in [3.05, 3.63) is 75.2 Å². The second kappa shape index (κ2) is 9.88. The zero-order chi connectivity index (χ0) is 22.9. The summed E-state index contributed by atoms with van der Waals surface area (Å²) in [6.07, 6.45) is 0. The summed E-state index contributed by atoms with van der Waals surface area (Å²) in [7, 11) is 0. The minimum atomic E-state index is -0.405. The van der Waals surface area contributed by atoms with Crippen LogP contribution >= 0.6 is 23.7 Å². The van der Waals surface area contributed by atoms with Gasteiger partial charge in [0.1, 0.15) is 0 Å². The van der Waals surface area contributed by atoms with Crippen LogP contribution in [0.25, 0.3) is 11.3 Å². The van der Waals surface area contributed by atoms with Crippen molar-refractivity contribution < 1.29 is 14.5 Å². The molecular formula is C23H22ClN5O4S. The summed E-state index contributed by atoms with van der Waals surface area (Å²) in [5.74, 6) is -0.434. The summed E-state index contributed by atoms with van der Waals surface area (Å²) in [5.41, 5.74) is 2.47. The van der Waals surface area contributed by atoms with Crippen LogP contribution in [0.3, 0.4) is 0 Å². The van der Waals surface area contributed by atoms with Crippen LogP contribution in [0.5, 0.6) is 0 Å². The number of hydrogen-bond acceptors (Lipinski definition) is 8. The molecule has 1 fully saturated rings. The van der Waals surface area contributed by atoms with E-state index in [1.807, 2.05) is 11.4 Å². The summed E-state index contributed by atoms with van der Waals surface area (Å²) in [4.78, 5) is 46.2. The van der Waals surface area contributed by atoms with Gasteiger partial charge < -0.3 is 4.90 Å². The fourth-order valence-electron chi connectivity index (χ4n) is 4.17. The fourth-order valence-corrected chi connectivity index (χ4v) is 5.06. The van der Waals surface area contributed by atoms with Crippen LogP contribution in [0.2, 0.25) is 0 Å². The molecule has 0 spiro atoms. The van der Waals surface area contributed by atoms with Crippen LogP contribution in [0, 0.1) is 10.1 Å². The largest absolute Gasteiger partial charge is 0.346 e. The first-order valence-corrected chi connectivity index (χ1v) is 11.5. The van der Waals surface area contributed by atoms with Gasteiger partial charge in [0.25, 0.3) is 17.5 Å². The maximum absolute atomic E-state index is 12.5. The first-order valence-electron chi connectivity index (χ1n) is 10.6. The topological polar surface area (TPSA) is 99.9 Å². The molecule has 0 bridgehead atoms. The summed E-state index contributed by atoms with van der Waals surface area (Å²) in [5, 5.41) is 13.8. The van der Waals surface area contributed by atoms with Crippen molar-refractivity contribution in [1.29, 1.82) is 0 Å². The van der Waals surface area contributed by atoms with Crippen molar-refractivity contribution >= 4 is 46.4 Å². The smallest absolute Gasteiger partial charge is 0.270 e. The molecule has 0 unspecified atom stereocenters. The van der Waals surface area contributed by atoms with Crippen molar-refractivity contribution in [3.63, 3.8) is 0 Å². The Labute approximate surface area is 206 Å². The molecule has 2 aliphatic rings. The molecule has 0 aliphatic carbocycles. The van der Waals surface area contributed by atoms with Crippen molar-refractivity contribution in [2.24, 2.45) is 0 Å². The predicted octanol–water partition coefficient (Wildman–Crippen LogP) is 3.56. The normalized spacial score (nSPS) is 15.9. The van der Waals surface area contributed by atoms with Crippen LogP contribution in [-0.4, -0.2) is 70.8 Å². The average Bonchev–Trinajstić information content (AvgIpc) is 3.43. The third kappa shape index (κ3) is 4.52. The molecule has 2 aliphatic heterocycles. The van der Waals surface area contributed by atoms with Crippen LogP contribution < -0.4 is 4.90 Å². The van der Waals surface area contributed by atoms with E-state index < -0.39 is 4.92 Å². The molecule has 1 saturated heterocycles. The van der Waals surface area contributed by atoms with E-state index in [4.69, 9.17) is 0 Å². The van der Waals surface area contributed by atoms with Gasteiger partial charge in [0.2, 0.25) is 0 Å². The highest BCUT2D eigenvalue weighted by molar-refractivity contribution is 7.14. The Morgan fingerprint density at radius 1 is 0.941 bits per heavy atom. The van der Waals surface area contributed by atoms with Gasteiger partial charge in [-0.2, -0.15) is 0 Å². The molecule has 9 nitrogen and oxygen atoms in total. The van der Waals surface area contributed by atoms with Gasteiger partial charge in [-0.05, 0) is 12.1 Å². The summed E-state index contributed by atoms with van der Waals surface area (Å²) in [6.45, 7) is 4.18. The van der Waals surface area contributed by atoms with Gasteiger partial charge in [-0.15, -0.1) is 23.7 Å². The molecule has 11 heteroatoms. The summed E-state index contributed by atoms with van der Waals surface area (Å²) >= 11 is 1.52. The maximum atomic E-state index is 12.5. The summed E-state index contributed by atoms with van der Waals surface area (Å²) in [6, 6.07) is 13.4. The van der Waals surface area contributed by atoms with Crippen LogP contribution in [0.4, 0.5) is 10.8 Å². The molecule has 176 valence electrons. The summed E-state index contributed by atoms with van der Waals surface area (Å²) < 4.78 is 0. The van der Waals surface area contributed by atoms with Gasteiger partial charge in [-0.3, -0.25) is 29.5 Å². The SMILES string of the molecule is Cl.O=C1c2ccccc2C(=O)N1CCN1CCN(c2nc(-c3cccc([N+](=O)[O-])c3)cs2)CC1. The first kappa shape index (κ1) is 23.8. The standard InChI is InChI=1S/C23H21N5O4S.ClH/c29-21-18-6-1-2-7-19(18)22(30)27(21)13-10-25-8-11-26(12-9-25)23-24-20(15-33-23)16-4-3-5-17(14-16)28(31)32;/h1-7,14-15H,8-13H2;1H. The zero-order valence-corrected chi connectivity index (χ0v) is 19.8. The first-order chi connectivity index (χ1) is 16.0. The molecule has 2 amide bonds. The molecule has 3 aromatic rings. The number of thiazole rings is 1. The number of nitrogens with zero attached hydrogens (tertiary/aromatic N) is 5. The number of aromatic nitrogens is 1. The quantitative estimate of drug-likeness (QED) is 0.290. The van der Waals surface area contributed by atoms with Gasteiger partial charge in [0.05, 0.1) is 21.7 Å². The lowest BCUT2D eigenvalue weighted by Gasteiger charge is -2.35. The number of amides is 2. The van der Waals surface area contributed by atoms with Crippen LogP contribution in [0.1, 0.15) is 20.7 Å². The van der Waals surface area contributed by atoms with Crippen LogP contribution in [-0.2, 0) is 0 Å². The Morgan fingerprint density at radius 2 is 1.62 bits per heavy atom. The van der Waals surface area contributed by atoms with Gasteiger partial charge in [0.15, 0.2) is 5.13 Å². The molecule has 1 aromatic heterocycles. The van der Waals surface area contributed by atoms with E-state index in [1.165, 1.54) is 28.4 Å². The molecule has 2 aromatic carbocycles. The number of carbonyl (C=O) groups excluding carboxylic acids is 2. The molecule has 34 heavy (non-hydrogen) atoms. The van der Waals surface area contributed by atoms with Crippen LogP contribution in [0.15, 0.2) is 53.9 Å². The van der Waals surface area contributed by atoms with E-state index in [-0.39, 0.29) is 29.9 Å². The van der Waals surface area contributed by atoms with Gasteiger partial charge >= 0.3 is 0 Å².